The number of imidazole rings is 1. The van der Waals surface area contributed by atoms with Gasteiger partial charge in [-0.1, -0.05) is 72.8 Å². The summed E-state index contributed by atoms with van der Waals surface area (Å²) in [5, 5.41) is 2.35. The Hall–Kier alpha value is -4.20. The van der Waals surface area contributed by atoms with E-state index >= 15 is 0 Å². The Morgan fingerprint density at radius 2 is 1.75 bits per heavy atom. The molecular formula is C33H36N4O3. The third kappa shape index (κ3) is 6.86. The van der Waals surface area contributed by atoms with Crippen LogP contribution in [0.2, 0.25) is 0 Å². The van der Waals surface area contributed by atoms with Crippen LogP contribution in [0.4, 0.5) is 4.79 Å². The van der Waals surface area contributed by atoms with Crippen molar-refractivity contribution in [1.29, 1.82) is 0 Å². The van der Waals surface area contributed by atoms with Crippen molar-refractivity contribution in [2.24, 2.45) is 0 Å². The second-order valence-corrected chi connectivity index (χ2v) is 9.85. The molecule has 0 saturated heterocycles. The normalized spacial score (nSPS) is 11.2. The molecule has 0 bridgehead atoms. The van der Waals surface area contributed by atoms with Crippen molar-refractivity contribution in [2.45, 2.75) is 32.5 Å². The number of hydrogen-bond acceptors (Lipinski definition) is 4. The van der Waals surface area contributed by atoms with Crippen molar-refractivity contribution in [3.63, 3.8) is 0 Å². The minimum atomic E-state index is -0.0680. The van der Waals surface area contributed by atoms with Crippen LogP contribution < -0.4 is 0 Å². The van der Waals surface area contributed by atoms with E-state index in [1.807, 2.05) is 66.2 Å². The first-order valence-corrected chi connectivity index (χ1v) is 13.8. The molecule has 3 aromatic carbocycles. The van der Waals surface area contributed by atoms with E-state index in [9.17, 15) is 4.79 Å². The Morgan fingerprint density at radius 3 is 2.62 bits per heavy atom. The molecule has 0 saturated carbocycles. The van der Waals surface area contributed by atoms with Crippen molar-refractivity contribution < 1.29 is 14.3 Å². The molecule has 7 heteroatoms. The highest BCUT2D eigenvalue weighted by molar-refractivity contribution is 5.97. The van der Waals surface area contributed by atoms with E-state index in [-0.39, 0.29) is 6.03 Å². The third-order valence-electron chi connectivity index (χ3n) is 7.01. The molecule has 0 unspecified atom stereocenters. The van der Waals surface area contributed by atoms with Gasteiger partial charge in [-0.05, 0) is 40.8 Å². The molecule has 0 N–H and O–H groups in total. The number of benzene rings is 3. The molecule has 0 aliphatic carbocycles. The number of methoxy groups -OCH3 is 1. The van der Waals surface area contributed by atoms with Gasteiger partial charge in [-0.25, -0.2) is 9.78 Å². The number of nitrogens with zero attached hydrogens (tertiary/aromatic N) is 4. The highest BCUT2D eigenvalue weighted by Crippen LogP contribution is 2.29. The number of fused-ring (bicyclic) bond motifs is 1. The Bertz CT molecular complexity index is 1500. The standard InChI is InChI=1S/C33H36N4O3/c1-39-20-8-17-35(24-30-22-34-26-37(30)18-9-21-40-25-27-10-3-2-4-11-27)33(38)36-19-16-29(23-36)32-15-7-13-28-12-5-6-14-31(28)32/h2-7,10-16,19,22-23,26H,8-9,17-18,20-21,24-25H2,1H3. The van der Waals surface area contributed by atoms with Gasteiger partial charge in [0.05, 0.1) is 25.2 Å². The monoisotopic (exact) mass is 536 g/mol. The van der Waals surface area contributed by atoms with Gasteiger partial charge >= 0.3 is 6.03 Å². The maximum atomic E-state index is 13.7. The second kappa shape index (κ2) is 13.7. The largest absolute Gasteiger partial charge is 0.385 e. The van der Waals surface area contributed by atoms with Gasteiger partial charge in [0.15, 0.2) is 0 Å². The van der Waals surface area contributed by atoms with Gasteiger partial charge in [0.25, 0.3) is 0 Å². The summed E-state index contributed by atoms with van der Waals surface area (Å²) in [5.74, 6) is 0. The van der Waals surface area contributed by atoms with Crippen LogP contribution in [0.25, 0.3) is 21.9 Å². The van der Waals surface area contributed by atoms with E-state index in [1.54, 1.807) is 11.7 Å². The van der Waals surface area contributed by atoms with Crippen molar-refractivity contribution in [3.8, 4) is 11.1 Å². The summed E-state index contributed by atoms with van der Waals surface area (Å²) in [6, 6.07) is 26.7. The fourth-order valence-corrected chi connectivity index (χ4v) is 4.94. The van der Waals surface area contributed by atoms with E-state index in [0.717, 1.165) is 36.2 Å². The smallest absolute Gasteiger partial charge is 0.328 e. The number of carbonyl (C=O) groups excluding carboxylic acids is 1. The molecule has 0 aliphatic heterocycles. The lowest BCUT2D eigenvalue weighted by Crippen LogP contribution is -2.35. The predicted molar refractivity (Wildman–Crippen MR) is 158 cm³/mol. The first kappa shape index (κ1) is 27.4. The van der Waals surface area contributed by atoms with E-state index in [2.05, 4.69) is 52.0 Å². The molecule has 0 radical (unpaired) electrons. The maximum absolute atomic E-state index is 13.7. The molecule has 1 amide bonds. The zero-order chi connectivity index (χ0) is 27.6. The molecule has 0 fully saturated rings. The van der Waals surface area contributed by atoms with Crippen LogP contribution in [0.1, 0.15) is 24.1 Å². The number of ether oxygens (including phenoxy) is 2. The zero-order valence-corrected chi connectivity index (χ0v) is 23.0. The van der Waals surface area contributed by atoms with Gasteiger partial charge in [0.1, 0.15) is 0 Å². The molecule has 2 heterocycles. The van der Waals surface area contributed by atoms with Crippen molar-refractivity contribution in [2.75, 3.05) is 26.9 Å². The first-order valence-electron chi connectivity index (χ1n) is 13.8. The lowest BCUT2D eigenvalue weighted by Gasteiger charge is -2.23. The summed E-state index contributed by atoms with van der Waals surface area (Å²) in [7, 11) is 1.68. The molecule has 2 aromatic heterocycles. The van der Waals surface area contributed by atoms with Crippen LogP contribution in [-0.2, 0) is 29.2 Å². The molecule has 0 atom stereocenters. The van der Waals surface area contributed by atoms with Crippen molar-refractivity contribution in [3.05, 3.63) is 115 Å². The molecule has 40 heavy (non-hydrogen) atoms. The topological polar surface area (TPSA) is 61.5 Å². The fourth-order valence-electron chi connectivity index (χ4n) is 4.94. The molecule has 0 spiro atoms. The van der Waals surface area contributed by atoms with Crippen LogP contribution in [0.5, 0.6) is 0 Å². The average Bonchev–Trinajstić information content (AvgIpc) is 3.66. The number of hydrogen-bond donors (Lipinski definition) is 0. The van der Waals surface area contributed by atoms with Crippen LogP contribution in [0, 0.1) is 0 Å². The fraction of sp³-hybridized carbons (Fsp3) is 0.273. The molecule has 206 valence electrons. The molecule has 7 nitrogen and oxygen atoms in total. The Kier molecular flexibility index (Phi) is 9.40. The first-order chi connectivity index (χ1) is 19.7. The highest BCUT2D eigenvalue weighted by atomic mass is 16.5. The summed E-state index contributed by atoms with van der Waals surface area (Å²) < 4.78 is 14.9. The quantitative estimate of drug-likeness (QED) is 0.159. The van der Waals surface area contributed by atoms with E-state index < -0.39 is 0 Å². The van der Waals surface area contributed by atoms with E-state index in [0.29, 0.717) is 32.9 Å². The summed E-state index contributed by atoms with van der Waals surface area (Å²) >= 11 is 0. The Labute approximate surface area is 235 Å². The van der Waals surface area contributed by atoms with Crippen LogP contribution >= 0.6 is 0 Å². The summed E-state index contributed by atoms with van der Waals surface area (Å²) in [4.78, 5) is 20.0. The van der Waals surface area contributed by atoms with Gasteiger partial charge in [0, 0.05) is 57.6 Å². The van der Waals surface area contributed by atoms with Crippen LogP contribution in [-0.4, -0.2) is 51.9 Å². The van der Waals surface area contributed by atoms with Gasteiger partial charge in [-0.2, -0.15) is 0 Å². The lowest BCUT2D eigenvalue weighted by atomic mass is 10.0. The maximum Gasteiger partial charge on any atom is 0.328 e. The SMILES string of the molecule is COCCCN(Cc1cncn1CCCOCc1ccccc1)C(=O)n1ccc(-c2cccc3ccccc23)c1. The summed E-state index contributed by atoms with van der Waals surface area (Å²) in [6.07, 6.45) is 9.07. The minimum Gasteiger partial charge on any atom is -0.385 e. The van der Waals surface area contributed by atoms with Crippen molar-refractivity contribution in [1.82, 2.24) is 19.0 Å². The Balaban J connectivity index is 1.25. The van der Waals surface area contributed by atoms with Gasteiger partial charge in [0.2, 0.25) is 0 Å². The van der Waals surface area contributed by atoms with Gasteiger partial charge in [-0.15, -0.1) is 0 Å². The zero-order valence-electron chi connectivity index (χ0n) is 23.0. The van der Waals surface area contributed by atoms with E-state index in [4.69, 9.17) is 9.47 Å². The number of aryl methyl sites for hydroxylation is 1. The average molecular weight is 537 g/mol. The molecular weight excluding hydrogens is 500 g/mol. The molecule has 0 aliphatic rings. The Morgan fingerprint density at radius 1 is 0.925 bits per heavy atom. The third-order valence-corrected chi connectivity index (χ3v) is 7.01. The summed E-state index contributed by atoms with van der Waals surface area (Å²) in [5.41, 5.74) is 4.30. The second-order valence-electron chi connectivity index (χ2n) is 9.85. The number of amides is 1. The number of rotatable bonds is 13. The van der Waals surface area contributed by atoms with Gasteiger partial charge < -0.3 is 18.9 Å². The summed E-state index contributed by atoms with van der Waals surface area (Å²) in [6.45, 7) is 3.68. The van der Waals surface area contributed by atoms with Crippen LogP contribution in [0.15, 0.2) is 104 Å². The molecule has 5 aromatic rings. The van der Waals surface area contributed by atoms with Gasteiger partial charge in [-0.3, -0.25) is 4.57 Å². The van der Waals surface area contributed by atoms with Crippen molar-refractivity contribution >= 4 is 16.8 Å². The highest BCUT2D eigenvalue weighted by Gasteiger charge is 2.18. The molecule has 5 rings (SSSR count). The van der Waals surface area contributed by atoms with Crippen LogP contribution in [0.3, 0.4) is 0 Å². The predicted octanol–water partition coefficient (Wildman–Crippen LogP) is 6.62. The number of carbonyl (C=O) groups is 1. The minimum absolute atomic E-state index is 0.0680. The lowest BCUT2D eigenvalue weighted by molar-refractivity contribution is 0.115. The van der Waals surface area contributed by atoms with E-state index in [1.165, 1.54) is 16.3 Å². The number of aromatic nitrogens is 3.